The Labute approximate surface area is 118 Å². The van der Waals surface area contributed by atoms with Crippen molar-refractivity contribution in [2.24, 2.45) is 4.99 Å². The molecule has 106 valence electrons. The van der Waals surface area contributed by atoms with E-state index in [1.54, 1.807) is 19.5 Å². The van der Waals surface area contributed by atoms with Crippen LogP contribution in [0, 0.1) is 0 Å². The Kier molecular flexibility index (Phi) is 5.11. The standard InChI is InChI=1S/C14H19N5O/c1-15-14(19(2)11-13-7-10-20-18-13)17-9-6-12-5-3-4-8-16-12/h3-5,7-8,10H,6,9,11H2,1-2H3,(H,15,17). The minimum absolute atomic E-state index is 0.653. The van der Waals surface area contributed by atoms with Crippen molar-refractivity contribution in [3.8, 4) is 0 Å². The average molecular weight is 273 g/mol. The van der Waals surface area contributed by atoms with Crippen molar-refractivity contribution in [3.63, 3.8) is 0 Å². The van der Waals surface area contributed by atoms with E-state index in [2.05, 4.69) is 20.4 Å². The van der Waals surface area contributed by atoms with Crippen molar-refractivity contribution in [2.45, 2.75) is 13.0 Å². The van der Waals surface area contributed by atoms with Crippen LogP contribution in [-0.4, -0.2) is 41.6 Å². The first kappa shape index (κ1) is 14.0. The Morgan fingerprint density at radius 2 is 2.25 bits per heavy atom. The molecule has 2 aromatic rings. The SMILES string of the molecule is CN=C(NCCc1ccccn1)N(C)Cc1ccon1. The van der Waals surface area contributed by atoms with Gasteiger partial charge >= 0.3 is 0 Å². The molecule has 2 aromatic heterocycles. The molecule has 0 unspecified atom stereocenters. The minimum Gasteiger partial charge on any atom is -0.364 e. The van der Waals surface area contributed by atoms with Crippen LogP contribution >= 0.6 is 0 Å². The molecule has 0 atom stereocenters. The lowest BCUT2D eigenvalue weighted by Gasteiger charge is -2.20. The summed E-state index contributed by atoms with van der Waals surface area (Å²) < 4.78 is 4.82. The summed E-state index contributed by atoms with van der Waals surface area (Å²) in [6.07, 6.45) is 4.24. The Hall–Kier alpha value is -2.37. The third-order valence-corrected chi connectivity index (χ3v) is 2.85. The fourth-order valence-electron chi connectivity index (χ4n) is 1.87. The van der Waals surface area contributed by atoms with Crippen LogP contribution in [-0.2, 0) is 13.0 Å². The van der Waals surface area contributed by atoms with Crippen molar-refractivity contribution in [2.75, 3.05) is 20.6 Å². The summed E-state index contributed by atoms with van der Waals surface area (Å²) in [5, 5.41) is 7.20. The molecule has 0 spiro atoms. The lowest BCUT2D eigenvalue weighted by molar-refractivity contribution is 0.391. The van der Waals surface area contributed by atoms with Crippen LogP contribution in [0.3, 0.4) is 0 Å². The lowest BCUT2D eigenvalue weighted by Crippen LogP contribution is -2.39. The maximum absolute atomic E-state index is 4.82. The summed E-state index contributed by atoms with van der Waals surface area (Å²) in [5.74, 6) is 0.823. The zero-order valence-corrected chi connectivity index (χ0v) is 11.8. The number of rotatable bonds is 5. The number of aromatic nitrogens is 2. The molecule has 0 saturated carbocycles. The van der Waals surface area contributed by atoms with Crippen LogP contribution in [0.25, 0.3) is 0 Å². The first-order valence-electron chi connectivity index (χ1n) is 6.50. The van der Waals surface area contributed by atoms with Gasteiger partial charge in [0.1, 0.15) is 12.0 Å². The van der Waals surface area contributed by atoms with Crippen molar-refractivity contribution < 1.29 is 4.52 Å². The predicted molar refractivity (Wildman–Crippen MR) is 77.3 cm³/mol. The van der Waals surface area contributed by atoms with Crippen LogP contribution in [0.5, 0.6) is 0 Å². The number of hydrogen-bond acceptors (Lipinski definition) is 4. The first-order valence-corrected chi connectivity index (χ1v) is 6.50. The van der Waals surface area contributed by atoms with Crippen LogP contribution in [0.1, 0.15) is 11.4 Å². The highest BCUT2D eigenvalue weighted by atomic mass is 16.5. The summed E-state index contributed by atoms with van der Waals surface area (Å²) in [5.41, 5.74) is 1.94. The minimum atomic E-state index is 0.653. The average Bonchev–Trinajstić information content (AvgIpc) is 2.97. The topological polar surface area (TPSA) is 66.6 Å². The maximum Gasteiger partial charge on any atom is 0.193 e. The van der Waals surface area contributed by atoms with Gasteiger partial charge in [0.2, 0.25) is 0 Å². The summed E-state index contributed by atoms with van der Waals surface area (Å²) in [6, 6.07) is 7.77. The number of hydrogen-bond donors (Lipinski definition) is 1. The zero-order valence-electron chi connectivity index (χ0n) is 11.8. The quantitative estimate of drug-likeness (QED) is 0.657. The second kappa shape index (κ2) is 7.28. The molecule has 2 heterocycles. The van der Waals surface area contributed by atoms with E-state index in [1.165, 1.54) is 0 Å². The number of guanidine groups is 1. The Morgan fingerprint density at radius 3 is 2.90 bits per heavy atom. The number of nitrogens with one attached hydrogen (secondary N) is 1. The molecule has 6 heteroatoms. The fraction of sp³-hybridized carbons (Fsp3) is 0.357. The van der Waals surface area contributed by atoms with E-state index in [4.69, 9.17) is 4.52 Å². The Balaban J connectivity index is 1.80. The van der Waals surface area contributed by atoms with Crippen LogP contribution in [0.4, 0.5) is 0 Å². The summed E-state index contributed by atoms with van der Waals surface area (Å²) in [6.45, 7) is 1.44. The molecule has 2 rings (SSSR count). The van der Waals surface area contributed by atoms with Gasteiger partial charge in [0.15, 0.2) is 5.96 Å². The molecule has 0 aromatic carbocycles. The van der Waals surface area contributed by atoms with Gasteiger partial charge in [-0.1, -0.05) is 11.2 Å². The molecule has 0 radical (unpaired) electrons. The van der Waals surface area contributed by atoms with E-state index in [1.807, 2.05) is 36.2 Å². The van der Waals surface area contributed by atoms with Gasteiger partial charge in [0.05, 0.1) is 6.54 Å². The van der Waals surface area contributed by atoms with Crippen LogP contribution < -0.4 is 5.32 Å². The van der Waals surface area contributed by atoms with Gasteiger partial charge in [-0.05, 0) is 12.1 Å². The third-order valence-electron chi connectivity index (χ3n) is 2.85. The predicted octanol–water partition coefficient (Wildman–Crippen LogP) is 1.32. The van der Waals surface area contributed by atoms with Gasteiger partial charge in [-0.2, -0.15) is 0 Å². The van der Waals surface area contributed by atoms with E-state index < -0.39 is 0 Å². The summed E-state index contributed by atoms with van der Waals surface area (Å²) in [7, 11) is 3.73. The van der Waals surface area contributed by atoms with Crippen molar-refractivity contribution in [1.82, 2.24) is 20.4 Å². The molecular formula is C14H19N5O. The van der Waals surface area contributed by atoms with Crippen LogP contribution in [0.2, 0.25) is 0 Å². The fourth-order valence-corrected chi connectivity index (χ4v) is 1.87. The number of pyridine rings is 1. The lowest BCUT2D eigenvalue weighted by atomic mass is 10.3. The largest absolute Gasteiger partial charge is 0.364 e. The Bertz CT molecular complexity index is 524. The molecule has 0 aliphatic carbocycles. The van der Waals surface area contributed by atoms with Crippen LogP contribution in [0.15, 0.2) is 46.2 Å². The van der Waals surface area contributed by atoms with Crippen molar-refractivity contribution >= 4 is 5.96 Å². The normalized spacial score (nSPS) is 11.4. The molecule has 6 nitrogen and oxygen atoms in total. The second-order valence-corrected chi connectivity index (χ2v) is 4.39. The van der Waals surface area contributed by atoms with Gasteiger partial charge in [-0.25, -0.2) is 0 Å². The highest BCUT2D eigenvalue weighted by Crippen LogP contribution is 2.00. The van der Waals surface area contributed by atoms with E-state index in [0.717, 1.165) is 30.3 Å². The van der Waals surface area contributed by atoms with Gasteiger partial charge in [0, 0.05) is 45.0 Å². The van der Waals surface area contributed by atoms with E-state index in [0.29, 0.717) is 6.54 Å². The molecule has 0 saturated heterocycles. The number of aliphatic imine (C=N–C) groups is 1. The van der Waals surface area contributed by atoms with Gasteiger partial charge in [-0.3, -0.25) is 9.98 Å². The van der Waals surface area contributed by atoms with E-state index >= 15 is 0 Å². The van der Waals surface area contributed by atoms with Gasteiger partial charge < -0.3 is 14.7 Å². The highest BCUT2D eigenvalue weighted by molar-refractivity contribution is 5.79. The molecule has 0 aliphatic rings. The maximum atomic E-state index is 4.82. The first-order chi connectivity index (χ1) is 9.79. The summed E-state index contributed by atoms with van der Waals surface area (Å²) >= 11 is 0. The molecule has 0 fully saturated rings. The van der Waals surface area contributed by atoms with Crippen molar-refractivity contribution in [1.29, 1.82) is 0 Å². The molecule has 20 heavy (non-hydrogen) atoms. The van der Waals surface area contributed by atoms with Gasteiger partial charge in [0.25, 0.3) is 0 Å². The third kappa shape index (κ3) is 4.08. The second-order valence-electron chi connectivity index (χ2n) is 4.39. The van der Waals surface area contributed by atoms with E-state index in [-0.39, 0.29) is 0 Å². The molecule has 0 bridgehead atoms. The van der Waals surface area contributed by atoms with Crippen molar-refractivity contribution in [3.05, 3.63) is 48.1 Å². The number of nitrogens with zero attached hydrogens (tertiary/aromatic N) is 4. The smallest absolute Gasteiger partial charge is 0.193 e. The molecule has 0 aliphatic heterocycles. The zero-order chi connectivity index (χ0) is 14.2. The monoisotopic (exact) mass is 273 g/mol. The molecule has 0 amide bonds. The van der Waals surface area contributed by atoms with E-state index in [9.17, 15) is 0 Å². The van der Waals surface area contributed by atoms with Gasteiger partial charge in [-0.15, -0.1) is 0 Å². The summed E-state index contributed by atoms with van der Waals surface area (Å²) in [4.78, 5) is 10.5. The molecular weight excluding hydrogens is 254 g/mol. The highest BCUT2D eigenvalue weighted by Gasteiger charge is 2.07. The molecule has 1 N–H and O–H groups in total. The Morgan fingerprint density at radius 1 is 1.35 bits per heavy atom.